The van der Waals surface area contributed by atoms with Crippen LogP contribution in [0.1, 0.15) is 29.9 Å². The molecule has 1 aromatic carbocycles. The third kappa shape index (κ3) is 4.63. The molecule has 4 rings (SSSR count). The van der Waals surface area contributed by atoms with E-state index in [0.717, 1.165) is 54.4 Å². The number of carbonyl (C=O) groups is 1. The van der Waals surface area contributed by atoms with Gasteiger partial charge >= 0.3 is 0 Å². The maximum atomic E-state index is 12.8. The standard InChI is InChI=1S/C26H27N5O/c1-4-6-20(5-2)7-12-23-19-27-25-14-13-24(28-31(23)25)21-8-10-22(11-9-21)26(32)30-17-15-29(3)16-18-30/h4-6,8-11,13-14,19H,15-18H2,1-3H3/b6-4-,20-5+. The van der Waals surface area contributed by atoms with E-state index in [-0.39, 0.29) is 5.91 Å². The van der Waals surface area contributed by atoms with Crippen molar-refractivity contribution >= 4 is 11.6 Å². The Hall–Kier alpha value is -3.69. The first kappa shape index (κ1) is 21.5. The number of benzene rings is 1. The van der Waals surface area contributed by atoms with Gasteiger partial charge in [-0.3, -0.25) is 4.79 Å². The molecule has 0 N–H and O–H groups in total. The van der Waals surface area contributed by atoms with Crippen LogP contribution >= 0.6 is 0 Å². The fourth-order valence-corrected chi connectivity index (χ4v) is 3.61. The molecule has 1 saturated heterocycles. The minimum absolute atomic E-state index is 0.0844. The van der Waals surface area contributed by atoms with Crippen LogP contribution in [0.2, 0.25) is 0 Å². The molecule has 0 bridgehead atoms. The first-order valence-corrected chi connectivity index (χ1v) is 10.8. The largest absolute Gasteiger partial charge is 0.336 e. The molecule has 1 aliphatic heterocycles. The second-order valence-electron chi connectivity index (χ2n) is 7.80. The van der Waals surface area contributed by atoms with Gasteiger partial charge in [0.2, 0.25) is 0 Å². The summed E-state index contributed by atoms with van der Waals surface area (Å²) in [6.45, 7) is 7.29. The lowest BCUT2D eigenvalue weighted by molar-refractivity contribution is 0.0664. The molecule has 0 saturated carbocycles. The van der Waals surface area contributed by atoms with Crippen LogP contribution in [0.4, 0.5) is 0 Å². The second-order valence-corrected chi connectivity index (χ2v) is 7.80. The normalized spacial score (nSPS) is 15.2. The van der Waals surface area contributed by atoms with Crippen molar-refractivity contribution in [3.8, 4) is 23.1 Å². The van der Waals surface area contributed by atoms with Crippen LogP contribution < -0.4 is 0 Å². The van der Waals surface area contributed by atoms with Crippen LogP contribution in [0.3, 0.4) is 0 Å². The highest BCUT2D eigenvalue weighted by Crippen LogP contribution is 2.19. The quantitative estimate of drug-likeness (QED) is 0.475. The lowest BCUT2D eigenvalue weighted by Gasteiger charge is -2.32. The summed E-state index contributed by atoms with van der Waals surface area (Å²) in [5.74, 6) is 6.40. The predicted octanol–water partition coefficient (Wildman–Crippen LogP) is 3.66. The Bertz CT molecular complexity index is 1230. The van der Waals surface area contributed by atoms with Crippen molar-refractivity contribution in [3.05, 3.63) is 77.7 Å². The molecule has 2 aromatic heterocycles. The predicted molar refractivity (Wildman–Crippen MR) is 127 cm³/mol. The summed E-state index contributed by atoms with van der Waals surface area (Å²) < 4.78 is 1.76. The second kappa shape index (κ2) is 9.63. The number of hydrogen-bond acceptors (Lipinski definition) is 4. The number of likely N-dealkylation sites (N-methyl/N-ethyl adjacent to an activating group) is 1. The molecule has 3 heterocycles. The summed E-state index contributed by atoms with van der Waals surface area (Å²) in [7, 11) is 2.08. The van der Waals surface area contributed by atoms with Gasteiger partial charge in [-0.1, -0.05) is 36.3 Å². The highest BCUT2D eigenvalue weighted by atomic mass is 16.2. The third-order valence-electron chi connectivity index (χ3n) is 5.57. The fourth-order valence-electron chi connectivity index (χ4n) is 3.61. The molecule has 32 heavy (non-hydrogen) atoms. The maximum absolute atomic E-state index is 12.8. The lowest BCUT2D eigenvalue weighted by Crippen LogP contribution is -2.47. The Labute approximate surface area is 188 Å². The molecular weight excluding hydrogens is 398 g/mol. The Morgan fingerprint density at radius 1 is 1.03 bits per heavy atom. The molecule has 6 nitrogen and oxygen atoms in total. The van der Waals surface area contributed by atoms with Gasteiger partial charge in [0.25, 0.3) is 5.91 Å². The van der Waals surface area contributed by atoms with Gasteiger partial charge in [-0.15, -0.1) is 0 Å². The number of carbonyl (C=O) groups excluding carboxylic acids is 1. The van der Waals surface area contributed by atoms with Gasteiger partial charge in [-0.2, -0.15) is 5.10 Å². The smallest absolute Gasteiger partial charge is 0.253 e. The number of fused-ring (bicyclic) bond motifs is 1. The molecule has 1 aliphatic rings. The number of rotatable bonds is 3. The number of hydrogen-bond donors (Lipinski definition) is 0. The van der Waals surface area contributed by atoms with Gasteiger partial charge in [0, 0.05) is 42.9 Å². The van der Waals surface area contributed by atoms with Gasteiger partial charge in [0.15, 0.2) is 5.65 Å². The zero-order chi connectivity index (χ0) is 22.5. The first-order valence-electron chi connectivity index (χ1n) is 10.8. The first-order chi connectivity index (χ1) is 15.6. The molecular formula is C26H27N5O. The minimum Gasteiger partial charge on any atom is -0.336 e. The van der Waals surface area contributed by atoms with Crippen molar-refractivity contribution in [2.24, 2.45) is 0 Å². The Morgan fingerprint density at radius 3 is 2.47 bits per heavy atom. The van der Waals surface area contributed by atoms with Gasteiger partial charge in [-0.05, 0) is 51.1 Å². The van der Waals surface area contributed by atoms with Crippen LogP contribution in [0.15, 0.2) is 66.4 Å². The number of allylic oxidation sites excluding steroid dienone is 4. The van der Waals surface area contributed by atoms with Gasteiger partial charge in [0.05, 0.1) is 11.9 Å². The molecule has 0 spiro atoms. The maximum Gasteiger partial charge on any atom is 0.253 e. The number of amides is 1. The molecule has 0 radical (unpaired) electrons. The van der Waals surface area contributed by atoms with E-state index in [2.05, 4.69) is 28.8 Å². The van der Waals surface area contributed by atoms with Crippen LogP contribution in [-0.4, -0.2) is 63.5 Å². The Morgan fingerprint density at radius 2 is 1.78 bits per heavy atom. The molecule has 3 aromatic rings. The van der Waals surface area contributed by atoms with Gasteiger partial charge in [-0.25, -0.2) is 9.50 Å². The highest BCUT2D eigenvalue weighted by molar-refractivity contribution is 5.94. The van der Waals surface area contributed by atoms with Crippen molar-refractivity contribution in [1.82, 2.24) is 24.4 Å². The van der Waals surface area contributed by atoms with Crippen molar-refractivity contribution in [2.75, 3.05) is 33.2 Å². The van der Waals surface area contributed by atoms with Crippen molar-refractivity contribution < 1.29 is 4.79 Å². The number of aromatic nitrogens is 3. The molecule has 0 unspecified atom stereocenters. The van der Waals surface area contributed by atoms with Crippen LogP contribution in [0.25, 0.3) is 16.9 Å². The van der Waals surface area contributed by atoms with E-state index in [0.29, 0.717) is 5.56 Å². The van der Waals surface area contributed by atoms with Crippen LogP contribution in [0.5, 0.6) is 0 Å². The van der Waals surface area contributed by atoms with Crippen molar-refractivity contribution in [1.29, 1.82) is 0 Å². The topological polar surface area (TPSA) is 53.7 Å². The molecule has 1 amide bonds. The van der Waals surface area contributed by atoms with E-state index in [1.165, 1.54) is 0 Å². The van der Waals surface area contributed by atoms with Gasteiger partial charge in [0.1, 0.15) is 5.69 Å². The van der Waals surface area contributed by atoms with Crippen molar-refractivity contribution in [3.63, 3.8) is 0 Å². The van der Waals surface area contributed by atoms with E-state index in [1.807, 2.05) is 73.4 Å². The van der Waals surface area contributed by atoms with E-state index in [9.17, 15) is 4.79 Å². The monoisotopic (exact) mass is 425 g/mol. The van der Waals surface area contributed by atoms with E-state index < -0.39 is 0 Å². The van der Waals surface area contributed by atoms with E-state index in [1.54, 1.807) is 10.7 Å². The van der Waals surface area contributed by atoms with Crippen LogP contribution in [-0.2, 0) is 0 Å². The summed E-state index contributed by atoms with van der Waals surface area (Å²) in [6.07, 6.45) is 7.65. The number of nitrogens with zero attached hydrogens (tertiary/aromatic N) is 5. The third-order valence-corrected chi connectivity index (χ3v) is 5.57. The molecule has 0 atom stereocenters. The SMILES string of the molecule is C/C=C\C(C#Cc1cnc2ccc(-c3ccc(C(=O)N4CCN(C)CC4)cc3)nn12)=C/C. The average Bonchev–Trinajstić information content (AvgIpc) is 3.24. The highest BCUT2D eigenvalue weighted by Gasteiger charge is 2.20. The fraction of sp³-hybridized carbons (Fsp3) is 0.269. The Kier molecular flexibility index (Phi) is 6.48. The van der Waals surface area contributed by atoms with Crippen LogP contribution in [0, 0.1) is 11.8 Å². The summed E-state index contributed by atoms with van der Waals surface area (Å²) in [5, 5.41) is 4.74. The van der Waals surface area contributed by atoms with E-state index in [4.69, 9.17) is 5.10 Å². The average molecular weight is 426 g/mol. The van der Waals surface area contributed by atoms with E-state index >= 15 is 0 Å². The molecule has 1 fully saturated rings. The van der Waals surface area contributed by atoms with Gasteiger partial charge < -0.3 is 9.80 Å². The summed E-state index contributed by atoms with van der Waals surface area (Å²) in [4.78, 5) is 21.4. The number of piperazine rings is 1. The molecule has 162 valence electrons. The lowest BCUT2D eigenvalue weighted by atomic mass is 10.1. The zero-order valence-electron chi connectivity index (χ0n) is 18.7. The summed E-state index contributed by atoms with van der Waals surface area (Å²) >= 11 is 0. The molecule has 0 aliphatic carbocycles. The minimum atomic E-state index is 0.0844. The van der Waals surface area contributed by atoms with Crippen molar-refractivity contribution in [2.45, 2.75) is 13.8 Å². The zero-order valence-corrected chi connectivity index (χ0v) is 18.7. The summed E-state index contributed by atoms with van der Waals surface area (Å²) in [6, 6.07) is 11.5. The molecule has 6 heteroatoms. The Balaban J connectivity index is 1.57. The summed E-state index contributed by atoms with van der Waals surface area (Å²) in [5.41, 5.74) is 4.87. The number of imidazole rings is 1.